The predicted molar refractivity (Wildman–Crippen MR) is 120 cm³/mol. The largest absolute Gasteiger partial charge is 0.280 e. The van der Waals surface area contributed by atoms with Crippen molar-refractivity contribution in [2.75, 3.05) is 4.72 Å². The summed E-state index contributed by atoms with van der Waals surface area (Å²) in [7, 11) is -3.64. The molecule has 0 saturated carbocycles. The molecule has 0 saturated heterocycles. The first kappa shape index (κ1) is 19.4. The summed E-state index contributed by atoms with van der Waals surface area (Å²) < 4.78 is 28.2. The summed E-state index contributed by atoms with van der Waals surface area (Å²) in [6, 6.07) is 22.7. The van der Waals surface area contributed by atoms with Gasteiger partial charge in [0.25, 0.3) is 10.0 Å². The molecule has 1 heterocycles. The molecular weight excluding hydrogens is 400 g/mol. The van der Waals surface area contributed by atoms with Gasteiger partial charge in [-0.2, -0.15) is 0 Å². The van der Waals surface area contributed by atoms with Gasteiger partial charge in [0.2, 0.25) is 0 Å². The lowest BCUT2D eigenvalue weighted by molar-refractivity contribution is 0.600. The SMILES string of the molecule is Cc1ccc(C)c(S(=O)(=O)Nc2ccc(-c3csc(-c4ccccc4)n3)cc2)c1. The molecule has 0 spiro atoms. The third-order valence-corrected chi connectivity index (χ3v) is 7.01. The maximum Gasteiger partial charge on any atom is 0.262 e. The van der Waals surface area contributed by atoms with Crippen LogP contribution in [-0.2, 0) is 10.0 Å². The smallest absolute Gasteiger partial charge is 0.262 e. The maximum absolute atomic E-state index is 12.8. The molecule has 3 aromatic carbocycles. The van der Waals surface area contributed by atoms with E-state index in [1.54, 1.807) is 36.5 Å². The highest BCUT2D eigenvalue weighted by molar-refractivity contribution is 7.92. The summed E-state index contributed by atoms with van der Waals surface area (Å²) >= 11 is 1.59. The zero-order valence-corrected chi connectivity index (χ0v) is 17.7. The van der Waals surface area contributed by atoms with Crippen molar-refractivity contribution in [3.63, 3.8) is 0 Å². The van der Waals surface area contributed by atoms with Gasteiger partial charge in [-0.25, -0.2) is 13.4 Å². The van der Waals surface area contributed by atoms with E-state index in [0.717, 1.165) is 33.0 Å². The third kappa shape index (κ3) is 4.23. The van der Waals surface area contributed by atoms with Gasteiger partial charge < -0.3 is 0 Å². The van der Waals surface area contributed by atoms with Gasteiger partial charge in [0.1, 0.15) is 5.01 Å². The molecule has 0 aliphatic heterocycles. The van der Waals surface area contributed by atoms with E-state index in [9.17, 15) is 8.42 Å². The van der Waals surface area contributed by atoms with Gasteiger partial charge in [-0.15, -0.1) is 11.3 Å². The number of aromatic nitrogens is 1. The van der Waals surface area contributed by atoms with Gasteiger partial charge in [0.05, 0.1) is 10.6 Å². The highest BCUT2D eigenvalue weighted by Crippen LogP contribution is 2.29. The first-order chi connectivity index (χ1) is 13.9. The van der Waals surface area contributed by atoms with E-state index in [0.29, 0.717) is 10.6 Å². The quantitative estimate of drug-likeness (QED) is 0.438. The van der Waals surface area contributed by atoms with Crippen LogP contribution in [0.4, 0.5) is 5.69 Å². The van der Waals surface area contributed by atoms with Crippen molar-refractivity contribution in [2.24, 2.45) is 0 Å². The molecule has 4 nitrogen and oxygen atoms in total. The minimum absolute atomic E-state index is 0.300. The van der Waals surface area contributed by atoms with Crippen molar-refractivity contribution < 1.29 is 8.42 Å². The van der Waals surface area contributed by atoms with Crippen molar-refractivity contribution in [3.05, 3.63) is 89.3 Å². The first-order valence-electron chi connectivity index (χ1n) is 9.14. The maximum atomic E-state index is 12.8. The van der Waals surface area contributed by atoms with Gasteiger partial charge in [-0.3, -0.25) is 4.72 Å². The molecule has 29 heavy (non-hydrogen) atoms. The standard InChI is InChI=1S/C23H20N2O2S2/c1-16-8-9-17(2)22(14-16)29(26,27)25-20-12-10-18(11-13-20)21-15-28-23(24-21)19-6-4-3-5-7-19/h3-15,25H,1-2H3. The molecule has 0 radical (unpaired) electrons. The number of rotatable bonds is 5. The van der Waals surface area contributed by atoms with Crippen molar-refractivity contribution in [2.45, 2.75) is 18.7 Å². The van der Waals surface area contributed by atoms with E-state index >= 15 is 0 Å². The number of hydrogen-bond acceptors (Lipinski definition) is 4. The van der Waals surface area contributed by atoms with Crippen LogP contribution in [0.25, 0.3) is 21.8 Å². The lowest BCUT2D eigenvalue weighted by atomic mass is 10.1. The van der Waals surface area contributed by atoms with Gasteiger partial charge in [0, 0.05) is 22.2 Å². The number of hydrogen-bond donors (Lipinski definition) is 1. The number of nitrogens with zero attached hydrogens (tertiary/aromatic N) is 1. The fraction of sp³-hybridized carbons (Fsp3) is 0.0870. The van der Waals surface area contributed by atoms with Crippen LogP contribution >= 0.6 is 11.3 Å². The van der Waals surface area contributed by atoms with Crippen LogP contribution < -0.4 is 4.72 Å². The summed E-state index contributed by atoms with van der Waals surface area (Å²) in [6.45, 7) is 3.68. The molecule has 0 aliphatic rings. The van der Waals surface area contributed by atoms with Crippen molar-refractivity contribution in [1.29, 1.82) is 0 Å². The van der Waals surface area contributed by atoms with E-state index < -0.39 is 10.0 Å². The fourth-order valence-corrected chi connectivity index (χ4v) is 5.26. The van der Waals surface area contributed by atoms with Crippen LogP contribution in [0.5, 0.6) is 0 Å². The summed E-state index contributed by atoms with van der Waals surface area (Å²) in [6.07, 6.45) is 0. The van der Waals surface area contributed by atoms with E-state index in [-0.39, 0.29) is 0 Å². The summed E-state index contributed by atoms with van der Waals surface area (Å²) in [5.41, 5.74) is 5.05. The Kier molecular flexibility index (Phi) is 5.22. The Labute approximate surface area is 175 Å². The summed E-state index contributed by atoms with van der Waals surface area (Å²) in [4.78, 5) is 5.00. The Morgan fingerprint density at radius 1 is 0.862 bits per heavy atom. The average Bonchev–Trinajstić information content (AvgIpc) is 3.21. The lowest BCUT2D eigenvalue weighted by Gasteiger charge is -2.11. The molecule has 0 aliphatic carbocycles. The van der Waals surface area contributed by atoms with Crippen molar-refractivity contribution in [1.82, 2.24) is 4.98 Å². The van der Waals surface area contributed by atoms with Crippen LogP contribution in [0.3, 0.4) is 0 Å². The molecule has 0 amide bonds. The zero-order valence-electron chi connectivity index (χ0n) is 16.1. The molecule has 0 bridgehead atoms. The Hall–Kier alpha value is -2.96. The minimum Gasteiger partial charge on any atom is -0.280 e. The number of benzene rings is 3. The Morgan fingerprint density at radius 2 is 1.59 bits per heavy atom. The van der Waals surface area contributed by atoms with Crippen molar-refractivity contribution in [3.8, 4) is 21.8 Å². The predicted octanol–water partition coefficient (Wildman–Crippen LogP) is 5.89. The molecule has 4 aromatic rings. The van der Waals surface area contributed by atoms with Gasteiger partial charge >= 0.3 is 0 Å². The number of nitrogens with one attached hydrogen (secondary N) is 1. The minimum atomic E-state index is -3.64. The molecule has 0 unspecified atom stereocenters. The molecule has 6 heteroatoms. The topological polar surface area (TPSA) is 59.1 Å². The van der Waals surface area contributed by atoms with Crippen LogP contribution in [0.1, 0.15) is 11.1 Å². The zero-order chi connectivity index (χ0) is 20.4. The molecule has 0 fully saturated rings. The average molecular weight is 421 g/mol. The Balaban J connectivity index is 1.56. The second-order valence-electron chi connectivity index (χ2n) is 6.86. The number of sulfonamides is 1. The van der Waals surface area contributed by atoms with Crippen LogP contribution in [0.2, 0.25) is 0 Å². The number of aryl methyl sites for hydroxylation is 2. The molecule has 1 N–H and O–H groups in total. The van der Waals surface area contributed by atoms with Crippen LogP contribution in [-0.4, -0.2) is 13.4 Å². The molecule has 0 atom stereocenters. The van der Waals surface area contributed by atoms with E-state index in [4.69, 9.17) is 4.98 Å². The molecular formula is C23H20N2O2S2. The molecule has 146 valence electrons. The van der Waals surface area contributed by atoms with Gasteiger partial charge in [-0.1, -0.05) is 54.6 Å². The Bertz CT molecular complexity index is 1250. The fourth-order valence-electron chi connectivity index (χ4n) is 3.04. The lowest BCUT2D eigenvalue weighted by Crippen LogP contribution is -2.14. The molecule has 1 aromatic heterocycles. The first-order valence-corrected chi connectivity index (χ1v) is 11.5. The van der Waals surface area contributed by atoms with E-state index in [1.807, 2.05) is 66.9 Å². The Morgan fingerprint density at radius 3 is 2.31 bits per heavy atom. The van der Waals surface area contributed by atoms with Gasteiger partial charge in [0.15, 0.2) is 0 Å². The second-order valence-corrected chi connectivity index (χ2v) is 9.36. The van der Waals surface area contributed by atoms with Crippen LogP contribution in [0, 0.1) is 13.8 Å². The highest BCUT2D eigenvalue weighted by Gasteiger charge is 2.17. The monoisotopic (exact) mass is 420 g/mol. The normalized spacial score (nSPS) is 11.4. The highest BCUT2D eigenvalue weighted by atomic mass is 32.2. The van der Waals surface area contributed by atoms with Crippen molar-refractivity contribution >= 4 is 27.0 Å². The third-order valence-electron chi connectivity index (χ3n) is 4.59. The van der Waals surface area contributed by atoms with E-state index in [2.05, 4.69) is 4.72 Å². The summed E-state index contributed by atoms with van der Waals surface area (Å²) in [5.74, 6) is 0. The molecule has 4 rings (SSSR count). The van der Waals surface area contributed by atoms with E-state index in [1.165, 1.54) is 0 Å². The van der Waals surface area contributed by atoms with Crippen LogP contribution in [0.15, 0.2) is 83.1 Å². The summed E-state index contributed by atoms with van der Waals surface area (Å²) in [5, 5.41) is 2.97. The van der Waals surface area contributed by atoms with Gasteiger partial charge in [-0.05, 0) is 43.2 Å². The second kappa shape index (κ2) is 7.81. The number of thiazole rings is 1. The number of anilines is 1.